The largest absolute Gasteiger partial charge is 0.462 e. The van der Waals surface area contributed by atoms with E-state index in [4.69, 9.17) is 14.2 Å². The van der Waals surface area contributed by atoms with Gasteiger partial charge in [-0.05, 0) is 109 Å². The van der Waals surface area contributed by atoms with E-state index in [1.807, 2.05) is 0 Å². The van der Waals surface area contributed by atoms with Gasteiger partial charge >= 0.3 is 17.9 Å². The Morgan fingerprint density at radius 2 is 0.563 bits per heavy atom. The number of hydrogen-bond acceptors (Lipinski definition) is 6. The fraction of sp³-hybridized carbons (Fsp3) is 0.646. The molecule has 0 heterocycles. The van der Waals surface area contributed by atoms with Crippen LogP contribution >= 0.6 is 0 Å². The number of rotatable bonds is 51. The Labute approximate surface area is 437 Å². The van der Waals surface area contributed by atoms with Crippen LogP contribution in [-0.4, -0.2) is 37.2 Å². The lowest BCUT2D eigenvalue weighted by Gasteiger charge is -2.18. The summed E-state index contributed by atoms with van der Waals surface area (Å²) in [6.45, 7) is 6.44. The molecule has 71 heavy (non-hydrogen) atoms. The smallest absolute Gasteiger partial charge is 0.306 e. The van der Waals surface area contributed by atoms with Gasteiger partial charge in [-0.15, -0.1) is 0 Å². The van der Waals surface area contributed by atoms with Crippen LogP contribution in [0, 0.1) is 0 Å². The molecule has 1 atom stereocenters. The fourth-order valence-electron chi connectivity index (χ4n) is 7.61. The molecule has 0 aromatic heterocycles. The van der Waals surface area contributed by atoms with Gasteiger partial charge in [0.05, 0.1) is 0 Å². The zero-order valence-corrected chi connectivity index (χ0v) is 45.9. The highest BCUT2D eigenvalue weighted by Crippen LogP contribution is 2.14. The second-order valence-electron chi connectivity index (χ2n) is 18.8. The van der Waals surface area contributed by atoms with Crippen molar-refractivity contribution < 1.29 is 28.6 Å². The van der Waals surface area contributed by atoms with E-state index in [2.05, 4.69) is 142 Å². The van der Waals surface area contributed by atoms with Crippen LogP contribution in [0.4, 0.5) is 0 Å². The van der Waals surface area contributed by atoms with Gasteiger partial charge in [0.25, 0.3) is 0 Å². The summed E-state index contributed by atoms with van der Waals surface area (Å²) >= 11 is 0. The molecule has 0 aliphatic carbocycles. The molecule has 0 aliphatic rings. The molecule has 0 saturated heterocycles. The molecular formula is C65H106O6. The summed E-state index contributed by atoms with van der Waals surface area (Å²) in [5.74, 6) is -0.974. The Balaban J connectivity index is 4.38. The van der Waals surface area contributed by atoms with Crippen molar-refractivity contribution in [2.75, 3.05) is 13.2 Å². The summed E-state index contributed by atoms with van der Waals surface area (Å²) in [7, 11) is 0. The van der Waals surface area contributed by atoms with Crippen LogP contribution in [0.2, 0.25) is 0 Å². The van der Waals surface area contributed by atoms with E-state index in [9.17, 15) is 14.4 Å². The molecule has 0 rings (SSSR count). The van der Waals surface area contributed by atoms with Crippen molar-refractivity contribution in [1.82, 2.24) is 0 Å². The first-order valence-corrected chi connectivity index (χ1v) is 29.0. The number of allylic oxidation sites excluding steroid dienone is 20. The van der Waals surface area contributed by atoms with Crippen LogP contribution in [0.3, 0.4) is 0 Å². The first-order valence-electron chi connectivity index (χ1n) is 29.0. The van der Waals surface area contributed by atoms with Crippen molar-refractivity contribution in [2.45, 2.75) is 258 Å². The third-order valence-electron chi connectivity index (χ3n) is 12.0. The van der Waals surface area contributed by atoms with Crippen molar-refractivity contribution in [3.63, 3.8) is 0 Å². The van der Waals surface area contributed by atoms with Crippen LogP contribution in [0.1, 0.15) is 252 Å². The van der Waals surface area contributed by atoms with E-state index in [0.717, 1.165) is 116 Å². The molecule has 0 aromatic rings. The van der Waals surface area contributed by atoms with E-state index >= 15 is 0 Å². The maximum atomic E-state index is 12.8. The van der Waals surface area contributed by atoms with Crippen LogP contribution in [0.15, 0.2) is 122 Å². The highest BCUT2D eigenvalue weighted by Gasteiger charge is 2.19. The Morgan fingerprint density at radius 3 is 0.958 bits per heavy atom. The van der Waals surface area contributed by atoms with Gasteiger partial charge in [0.2, 0.25) is 0 Å². The van der Waals surface area contributed by atoms with Gasteiger partial charge in [0.15, 0.2) is 6.10 Å². The highest BCUT2D eigenvalue weighted by molar-refractivity contribution is 5.71. The Bertz CT molecular complexity index is 1500. The zero-order chi connectivity index (χ0) is 51.4. The van der Waals surface area contributed by atoms with Crippen LogP contribution in [0.25, 0.3) is 0 Å². The normalized spacial score (nSPS) is 13.0. The molecule has 0 amide bonds. The minimum atomic E-state index is -0.806. The lowest BCUT2D eigenvalue weighted by atomic mass is 10.0. The highest BCUT2D eigenvalue weighted by atomic mass is 16.6. The molecule has 1 unspecified atom stereocenters. The van der Waals surface area contributed by atoms with Gasteiger partial charge in [0, 0.05) is 19.3 Å². The summed E-state index contributed by atoms with van der Waals surface area (Å²) < 4.78 is 16.8. The average molecular weight is 984 g/mol. The molecule has 0 N–H and O–H groups in total. The predicted molar refractivity (Wildman–Crippen MR) is 306 cm³/mol. The van der Waals surface area contributed by atoms with Gasteiger partial charge in [0.1, 0.15) is 13.2 Å². The number of carbonyl (C=O) groups is 3. The lowest BCUT2D eigenvalue weighted by Crippen LogP contribution is -2.30. The molecule has 402 valence electrons. The van der Waals surface area contributed by atoms with Gasteiger partial charge < -0.3 is 14.2 Å². The first-order chi connectivity index (χ1) is 35.0. The monoisotopic (exact) mass is 983 g/mol. The number of unbranched alkanes of at least 4 members (excludes halogenated alkanes) is 20. The van der Waals surface area contributed by atoms with E-state index in [-0.39, 0.29) is 37.5 Å². The van der Waals surface area contributed by atoms with Gasteiger partial charge in [-0.2, -0.15) is 0 Å². The topological polar surface area (TPSA) is 78.9 Å². The van der Waals surface area contributed by atoms with Crippen molar-refractivity contribution in [2.24, 2.45) is 0 Å². The molecule has 0 fully saturated rings. The summed E-state index contributed by atoms with van der Waals surface area (Å²) in [4.78, 5) is 38.0. The molecule has 0 aliphatic heterocycles. The molecule has 6 nitrogen and oxygen atoms in total. The molecule has 0 spiro atoms. The quantitative estimate of drug-likeness (QED) is 0.0261. The summed E-state index contributed by atoms with van der Waals surface area (Å²) in [6, 6.07) is 0. The summed E-state index contributed by atoms with van der Waals surface area (Å²) in [6.07, 6.45) is 80.6. The molecule has 0 radical (unpaired) electrons. The minimum Gasteiger partial charge on any atom is -0.462 e. The van der Waals surface area contributed by atoms with Crippen LogP contribution in [0.5, 0.6) is 0 Å². The van der Waals surface area contributed by atoms with E-state index in [1.54, 1.807) is 0 Å². The molecule has 0 aromatic carbocycles. The van der Waals surface area contributed by atoms with Gasteiger partial charge in [-0.1, -0.05) is 245 Å². The van der Waals surface area contributed by atoms with E-state index in [0.29, 0.717) is 19.3 Å². The molecule has 0 saturated carbocycles. The van der Waals surface area contributed by atoms with Crippen molar-refractivity contribution in [3.05, 3.63) is 122 Å². The minimum absolute atomic E-state index is 0.0996. The van der Waals surface area contributed by atoms with Crippen LogP contribution < -0.4 is 0 Å². The third kappa shape index (κ3) is 56.6. The average Bonchev–Trinajstić information content (AvgIpc) is 3.37. The standard InChI is InChI=1S/C65H106O6/c1-4-7-10-13-16-19-22-25-26-27-28-29-30-31-32-33-34-35-36-37-38-39-40-41-44-46-49-52-55-58-64(67)70-61-62(71-65(68)59-56-53-50-47-43-24-21-18-15-12-9-6-3)60-69-63(66)57-54-51-48-45-42-23-20-17-14-11-8-5-2/h7,10,16,18-19,21,25-26,28-29,31-32,34-35,37-38,40-41,46,49,62H,4-6,8-9,11-15,17,20,22-24,27,30,33,36,39,42-45,47-48,50-61H2,1-3H3/b10-7-,19-16-,21-18-,26-25-,29-28-,32-31-,35-34-,38-37-,41-40-,49-46-. The van der Waals surface area contributed by atoms with Gasteiger partial charge in [-0.3, -0.25) is 14.4 Å². The number of ether oxygens (including phenoxy) is 3. The Kier molecular flexibility index (Phi) is 54.9. The molecule has 6 heteroatoms. The van der Waals surface area contributed by atoms with Crippen molar-refractivity contribution in [3.8, 4) is 0 Å². The zero-order valence-electron chi connectivity index (χ0n) is 45.9. The van der Waals surface area contributed by atoms with Crippen LogP contribution in [-0.2, 0) is 28.6 Å². The predicted octanol–water partition coefficient (Wildman–Crippen LogP) is 19.6. The summed E-state index contributed by atoms with van der Waals surface area (Å²) in [5.41, 5.74) is 0. The number of hydrogen-bond donors (Lipinski definition) is 0. The SMILES string of the molecule is CC/C=C\C/C=C\C/C=C\C/C=C\C/C=C\C/C=C\C/C=C\C/C=C\C/C=C\CCCC(=O)OCC(COC(=O)CCCCCCCCCCCCCC)OC(=O)CCCCCCC/C=C\CCCCC. The number of esters is 3. The lowest BCUT2D eigenvalue weighted by molar-refractivity contribution is -0.167. The van der Waals surface area contributed by atoms with Crippen molar-refractivity contribution >= 4 is 17.9 Å². The maximum Gasteiger partial charge on any atom is 0.306 e. The molecule has 0 bridgehead atoms. The Hall–Kier alpha value is -4.19. The second-order valence-corrected chi connectivity index (χ2v) is 18.8. The number of carbonyl (C=O) groups excluding carboxylic acids is 3. The summed E-state index contributed by atoms with van der Waals surface area (Å²) in [5, 5.41) is 0. The van der Waals surface area contributed by atoms with E-state index in [1.165, 1.54) is 89.9 Å². The second kappa shape index (κ2) is 58.4. The third-order valence-corrected chi connectivity index (χ3v) is 12.0. The molecular weight excluding hydrogens is 877 g/mol. The van der Waals surface area contributed by atoms with Gasteiger partial charge in [-0.25, -0.2) is 0 Å². The maximum absolute atomic E-state index is 12.8. The first kappa shape index (κ1) is 66.8. The fourth-order valence-corrected chi connectivity index (χ4v) is 7.61. The van der Waals surface area contributed by atoms with E-state index < -0.39 is 6.10 Å². The Morgan fingerprint density at radius 1 is 0.296 bits per heavy atom. The van der Waals surface area contributed by atoms with Crippen molar-refractivity contribution in [1.29, 1.82) is 0 Å².